The van der Waals surface area contributed by atoms with Crippen molar-refractivity contribution in [3.63, 3.8) is 0 Å². The molecule has 49 heavy (non-hydrogen) atoms. The van der Waals surface area contributed by atoms with Crippen LogP contribution in [0.15, 0.2) is 54.0 Å². The summed E-state index contributed by atoms with van der Waals surface area (Å²) in [5, 5.41) is 25.2. The number of benzene rings is 2. The number of aromatic carboxylic acids is 1. The molecule has 1 fully saturated rings. The van der Waals surface area contributed by atoms with Gasteiger partial charge in [-0.05, 0) is 41.7 Å². The maximum atomic E-state index is 13.8. The Morgan fingerprint density at radius 3 is 2.43 bits per heavy atom. The molecule has 0 unspecified atom stereocenters. The molecule has 1 aliphatic heterocycles. The van der Waals surface area contributed by atoms with Gasteiger partial charge in [0, 0.05) is 19.5 Å². The van der Waals surface area contributed by atoms with E-state index < -0.39 is 41.4 Å². The van der Waals surface area contributed by atoms with Gasteiger partial charge in [0.15, 0.2) is 0 Å². The van der Waals surface area contributed by atoms with Crippen LogP contribution in [0.25, 0.3) is 10.4 Å². The van der Waals surface area contributed by atoms with Crippen molar-refractivity contribution in [1.82, 2.24) is 20.5 Å². The van der Waals surface area contributed by atoms with E-state index in [0.717, 1.165) is 21.7 Å². The van der Waals surface area contributed by atoms with Crippen LogP contribution in [-0.2, 0) is 30.4 Å². The van der Waals surface area contributed by atoms with Crippen LogP contribution in [0.3, 0.4) is 0 Å². The van der Waals surface area contributed by atoms with Crippen LogP contribution >= 0.6 is 11.3 Å². The van der Waals surface area contributed by atoms with Crippen LogP contribution in [0.4, 0.5) is 0 Å². The molecule has 1 saturated heterocycles. The van der Waals surface area contributed by atoms with Crippen molar-refractivity contribution in [2.45, 2.75) is 58.8 Å². The monoisotopic (exact) mass is 696 g/mol. The van der Waals surface area contributed by atoms with Crippen molar-refractivity contribution < 1.29 is 43.6 Å². The zero-order chi connectivity index (χ0) is 35.6. The second kappa shape index (κ2) is 17.3. The minimum atomic E-state index is -1.04. The van der Waals surface area contributed by atoms with Crippen molar-refractivity contribution in [2.24, 2.45) is 5.41 Å². The Balaban J connectivity index is 1.21. The molecule has 264 valence electrons. The maximum Gasteiger partial charge on any atom is 0.335 e. The van der Waals surface area contributed by atoms with Crippen LogP contribution in [0, 0.1) is 12.3 Å². The van der Waals surface area contributed by atoms with Crippen molar-refractivity contribution >= 4 is 35.0 Å². The SMILES string of the molecule is Cc1ncsc1-c1ccc(CNC(=O)[C@@H]2C[C@@H](O)CN2C(=O)[C@@H](NC(=O)COCCOCCOc2cccc(C(=O)O)c2)C(C)(C)C)cc1. The molecule has 0 aliphatic carbocycles. The molecule has 3 atom stereocenters. The summed E-state index contributed by atoms with van der Waals surface area (Å²) in [6.45, 7) is 8.03. The largest absolute Gasteiger partial charge is 0.491 e. The Morgan fingerprint density at radius 2 is 1.76 bits per heavy atom. The number of aromatic nitrogens is 1. The van der Waals surface area contributed by atoms with Crippen LogP contribution in [-0.4, -0.2) is 102 Å². The number of carboxylic acids is 1. The van der Waals surface area contributed by atoms with Gasteiger partial charge in [-0.2, -0.15) is 0 Å². The predicted molar refractivity (Wildman–Crippen MR) is 182 cm³/mol. The molecular weight excluding hydrogens is 652 g/mol. The van der Waals surface area contributed by atoms with Gasteiger partial charge in [0.1, 0.15) is 31.0 Å². The smallest absolute Gasteiger partial charge is 0.335 e. The Kier molecular flexibility index (Phi) is 13.2. The van der Waals surface area contributed by atoms with E-state index in [-0.39, 0.29) is 64.0 Å². The number of carbonyl (C=O) groups excluding carboxylic acids is 3. The van der Waals surface area contributed by atoms with Gasteiger partial charge >= 0.3 is 5.97 Å². The zero-order valence-corrected chi connectivity index (χ0v) is 29.0. The highest BCUT2D eigenvalue weighted by Crippen LogP contribution is 2.28. The zero-order valence-electron chi connectivity index (χ0n) is 28.1. The van der Waals surface area contributed by atoms with E-state index in [2.05, 4.69) is 15.6 Å². The van der Waals surface area contributed by atoms with Crippen LogP contribution in [0.5, 0.6) is 5.75 Å². The number of β-amino-alcohol motifs (C(OH)–C–C–N with tert-alkyl or cyclic N) is 1. The molecule has 0 radical (unpaired) electrons. The molecular formula is C35H44N4O9S. The number of aliphatic hydroxyl groups excluding tert-OH is 1. The highest BCUT2D eigenvalue weighted by atomic mass is 32.1. The topological polar surface area (TPSA) is 177 Å². The Hall–Kier alpha value is -4.37. The molecule has 4 rings (SSSR count). The minimum absolute atomic E-state index is 0.0230. The van der Waals surface area contributed by atoms with Gasteiger partial charge in [0.25, 0.3) is 0 Å². The van der Waals surface area contributed by atoms with Gasteiger partial charge in [-0.25, -0.2) is 9.78 Å². The van der Waals surface area contributed by atoms with E-state index in [1.54, 1.807) is 29.0 Å². The summed E-state index contributed by atoms with van der Waals surface area (Å²) >= 11 is 1.57. The molecule has 14 heteroatoms. The first-order chi connectivity index (χ1) is 23.3. The molecule has 0 saturated carbocycles. The summed E-state index contributed by atoms with van der Waals surface area (Å²) in [5.41, 5.74) is 4.12. The fourth-order valence-corrected chi connectivity index (χ4v) is 6.12. The Labute approximate surface area is 289 Å². The first kappa shape index (κ1) is 37.4. The molecule has 3 aromatic rings. The van der Waals surface area contributed by atoms with E-state index in [1.807, 2.05) is 52.0 Å². The molecule has 4 N–H and O–H groups in total. The summed E-state index contributed by atoms with van der Waals surface area (Å²) in [4.78, 5) is 57.7. The normalized spacial score (nSPS) is 16.6. The average molecular weight is 697 g/mol. The summed E-state index contributed by atoms with van der Waals surface area (Å²) in [5.74, 6) is -1.97. The lowest BCUT2D eigenvalue weighted by atomic mass is 9.85. The lowest BCUT2D eigenvalue weighted by Gasteiger charge is -2.35. The maximum absolute atomic E-state index is 13.8. The second-order valence-corrected chi connectivity index (χ2v) is 13.6. The van der Waals surface area contributed by atoms with E-state index >= 15 is 0 Å². The van der Waals surface area contributed by atoms with Gasteiger partial charge in [0.05, 0.1) is 47.6 Å². The third kappa shape index (κ3) is 10.8. The number of nitrogens with zero attached hydrogens (tertiary/aromatic N) is 2. The van der Waals surface area contributed by atoms with Crippen molar-refractivity contribution in [2.75, 3.05) is 39.6 Å². The summed E-state index contributed by atoms with van der Waals surface area (Å²) < 4.78 is 16.4. The number of amides is 3. The number of nitrogens with one attached hydrogen (secondary N) is 2. The summed E-state index contributed by atoms with van der Waals surface area (Å²) in [6, 6.07) is 12.1. The number of thiazole rings is 1. The molecule has 2 heterocycles. The van der Waals surface area contributed by atoms with Crippen molar-refractivity contribution in [3.05, 3.63) is 70.9 Å². The molecule has 0 bridgehead atoms. The second-order valence-electron chi connectivity index (χ2n) is 12.8. The first-order valence-electron chi connectivity index (χ1n) is 16.0. The Morgan fingerprint density at radius 1 is 1.04 bits per heavy atom. The van der Waals surface area contributed by atoms with E-state index in [1.165, 1.54) is 17.0 Å². The van der Waals surface area contributed by atoms with Gasteiger partial charge < -0.3 is 40.0 Å². The number of ether oxygens (including phenoxy) is 3. The third-order valence-electron chi connectivity index (χ3n) is 7.89. The van der Waals surface area contributed by atoms with Gasteiger partial charge in [-0.1, -0.05) is 51.1 Å². The number of rotatable bonds is 16. The molecule has 1 aromatic heterocycles. The third-order valence-corrected chi connectivity index (χ3v) is 8.87. The number of likely N-dealkylation sites (tertiary alicyclic amines) is 1. The lowest BCUT2D eigenvalue weighted by Crippen LogP contribution is -2.58. The van der Waals surface area contributed by atoms with Crippen LogP contribution in [0.1, 0.15) is 48.8 Å². The van der Waals surface area contributed by atoms with Gasteiger partial charge in [0.2, 0.25) is 17.7 Å². The number of aliphatic hydroxyl groups is 1. The standard InChI is InChI=1S/C35H44N4O9S/c1-22-30(49-21-37-22)24-10-8-23(9-11-24)18-36-32(42)28-17-26(40)19-39(28)33(43)31(35(2,3)4)38-29(41)20-47-13-12-46-14-15-48-27-7-5-6-25(16-27)34(44)45/h5-11,16,21,26,28,31,40H,12-15,17-20H2,1-4H3,(H,36,42)(H,38,41)(H,44,45)/t26-,28+,31-/m1/s1. The van der Waals surface area contributed by atoms with Gasteiger partial charge in [-0.3, -0.25) is 14.4 Å². The number of carboxylic acid groups (broad SMARTS) is 1. The highest BCUT2D eigenvalue weighted by Gasteiger charge is 2.44. The minimum Gasteiger partial charge on any atom is -0.491 e. The lowest BCUT2D eigenvalue weighted by molar-refractivity contribution is -0.144. The molecule has 2 aromatic carbocycles. The number of hydrogen-bond donors (Lipinski definition) is 4. The Bertz CT molecular complexity index is 1590. The average Bonchev–Trinajstić information content (AvgIpc) is 3.68. The summed E-state index contributed by atoms with van der Waals surface area (Å²) in [7, 11) is 0. The van der Waals surface area contributed by atoms with Gasteiger partial charge in [-0.15, -0.1) is 11.3 Å². The number of aryl methyl sites for hydroxylation is 1. The van der Waals surface area contributed by atoms with E-state index in [4.69, 9.17) is 19.3 Å². The van der Waals surface area contributed by atoms with Crippen LogP contribution in [0.2, 0.25) is 0 Å². The molecule has 1 aliphatic rings. The fourth-order valence-electron chi connectivity index (χ4n) is 5.31. The highest BCUT2D eigenvalue weighted by molar-refractivity contribution is 7.13. The fraction of sp³-hybridized carbons (Fsp3) is 0.457. The predicted octanol–water partition coefficient (Wildman–Crippen LogP) is 3.04. The van der Waals surface area contributed by atoms with Crippen molar-refractivity contribution in [1.29, 1.82) is 0 Å². The number of hydrogen-bond acceptors (Lipinski definition) is 10. The molecule has 13 nitrogen and oxygen atoms in total. The quantitative estimate of drug-likeness (QED) is 0.163. The van der Waals surface area contributed by atoms with E-state index in [0.29, 0.717) is 5.75 Å². The first-order valence-corrected chi connectivity index (χ1v) is 16.9. The molecule has 0 spiro atoms. The van der Waals surface area contributed by atoms with Crippen molar-refractivity contribution in [3.8, 4) is 16.2 Å². The van der Waals surface area contributed by atoms with E-state index in [9.17, 15) is 24.3 Å². The summed E-state index contributed by atoms with van der Waals surface area (Å²) in [6.07, 6.45) is -0.781. The number of carbonyl (C=O) groups is 4. The molecule has 3 amide bonds. The van der Waals surface area contributed by atoms with Crippen LogP contribution < -0.4 is 15.4 Å².